The first kappa shape index (κ1) is 8.65. The summed E-state index contributed by atoms with van der Waals surface area (Å²) in [5.41, 5.74) is 1.06. The van der Waals surface area contributed by atoms with Crippen molar-refractivity contribution in [3.8, 4) is 0 Å². The molecule has 9 heavy (non-hydrogen) atoms. The predicted octanol–water partition coefficient (Wildman–Crippen LogP) is 2.13. The SMILES string of the molecule is [CH-]=Cc1ccccc1.[Mo]. The van der Waals surface area contributed by atoms with Crippen molar-refractivity contribution in [2.75, 3.05) is 0 Å². The topological polar surface area (TPSA) is 0 Å². The largest absolute Gasteiger partial charge is 0.292 e. The van der Waals surface area contributed by atoms with Gasteiger partial charge in [0, 0.05) is 21.1 Å². The van der Waals surface area contributed by atoms with Gasteiger partial charge in [-0.2, -0.15) is 5.56 Å². The molecule has 0 spiro atoms. The molecule has 1 aromatic rings. The molecule has 0 aliphatic heterocycles. The molecule has 0 unspecified atom stereocenters. The maximum atomic E-state index is 5.22. The molecule has 0 heterocycles. The van der Waals surface area contributed by atoms with E-state index in [1.54, 1.807) is 6.08 Å². The van der Waals surface area contributed by atoms with Gasteiger partial charge in [0.25, 0.3) is 0 Å². The van der Waals surface area contributed by atoms with Gasteiger partial charge in [-0.15, -0.1) is 12.1 Å². The Kier molecular flexibility index (Phi) is 4.34. The van der Waals surface area contributed by atoms with Crippen LogP contribution >= 0.6 is 0 Å². The molecule has 1 aromatic carbocycles. The van der Waals surface area contributed by atoms with E-state index in [9.17, 15) is 0 Å². The quantitative estimate of drug-likeness (QED) is 0.480. The normalized spacial score (nSPS) is 7.56. The van der Waals surface area contributed by atoms with E-state index >= 15 is 0 Å². The fraction of sp³-hybridized carbons (Fsp3) is 0. The second-order valence-corrected chi connectivity index (χ2v) is 1.58. The van der Waals surface area contributed by atoms with Crippen LogP contribution in [-0.4, -0.2) is 0 Å². The summed E-state index contributed by atoms with van der Waals surface area (Å²) in [5, 5.41) is 0. The van der Waals surface area contributed by atoms with Crippen molar-refractivity contribution in [3.05, 3.63) is 42.5 Å². The van der Waals surface area contributed by atoms with Gasteiger partial charge < -0.3 is 0 Å². The molecule has 0 saturated carbocycles. The molecule has 46 valence electrons. The number of benzene rings is 1. The van der Waals surface area contributed by atoms with Gasteiger partial charge in [0.05, 0.1) is 0 Å². The van der Waals surface area contributed by atoms with E-state index in [0.29, 0.717) is 0 Å². The molecule has 0 fully saturated rings. The van der Waals surface area contributed by atoms with Crippen LogP contribution in [0.1, 0.15) is 5.56 Å². The molecule has 0 aromatic heterocycles. The number of rotatable bonds is 1. The third kappa shape index (κ3) is 2.62. The first-order chi connectivity index (χ1) is 3.93. The Morgan fingerprint density at radius 1 is 1.11 bits per heavy atom. The van der Waals surface area contributed by atoms with Gasteiger partial charge >= 0.3 is 0 Å². The average Bonchev–Trinajstić information content (AvgIpc) is 1.90. The molecule has 0 atom stereocenters. The third-order valence-corrected chi connectivity index (χ3v) is 0.992. The van der Waals surface area contributed by atoms with Crippen LogP contribution in [0.3, 0.4) is 0 Å². The van der Waals surface area contributed by atoms with Crippen molar-refractivity contribution in [1.82, 2.24) is 0 Å². The Bertz CT molecular complexity index is 167. The Balaban J connectivity index is 0.000000640. The van der Waals surface area contributed by atoms with Crippen molar-refractivity contribution < 1.29 is 21.1 Å². The zero-order valence-electron chi connectivity index (χ0n) is 4.95. The molecule has 1 rings (SSSR count). The van der Waals surface area contributed by atoms with E-state index in [4.69, 9.17) is 6.58 Å². The Labute approximate surface area is 69.9 Å². The summed E-state index contributed by atoms with van der Waals surface area (Å²) >= 11 is 0. The van der Waals surface area contributed by atoms with Crippen molar-refractivity contribution in [3.63, 3.8) is 0 Å². The second kappa shape index (κ2) is 4.52. The monoisotopic (exact) mass is 201 g/mol. The van der Waals surface area contributed by atoms with Crippen LogP contribution in [0.25, 0.3) is 6.08 Å². The molecule has 0 nitrogen and oxygen atoms in total. The minimum atomic E-state index is 0. The fourth-order valence-corrected chi connectivity index (χ4v) is 0.564. The minimum Gasteiger partial charge on any atom is -0.292 e. The molecule has 0 aliphatic carbocycles. The molecule has 0 amide bonds. The molecular formula is C8H7Mo-. The van der Waals surface area contributed by atoms with Gasteiger partial charge in [0.15, 0.2) is 0 Å². The molecule has 0 saturated heterocycles. The average molecular weight is 199 g/mol. The van der Waals surface area contributed by atoms with Crippen LogP contribution in [0.4, 0.5) is 0 Å². The van der Waals surface area contributed by atoms with Crippen LogP contribution in [0.5, 0.6) is 0 Å². The molecular weight excluding hydrogens is 192 g/mol. The van der Waals surface area contributed by atoms with Gasteiger partial charge in [-0.3, -0.25) is 6.58 Å². The summed E-state index contributed by atoms with van der Waals surface area (Å²) in [6.45, 7) is 5.22. The minimum absolute atomic E-state index is 0. The second-order valence-electron chi connectivity index (χ2n) is 1.58. The summed E-state index contributed by atoms with van der Waals surface area (Å²) in [6.07, 6.45) is 1.58. The van der Waals surface area contributed by atoms with Crippen LogP contribution < -0.4 is 0 Å². The zero-order valence-corrected chi connectivity index (χ0v) is 6.96. The van der Waals surface area contributed by atoms with Gasteiger partial charge in [-0.05, 0) is 0 Å². The van der Waals surface area contributed by atoms with Gasteiger partial charge in [-0.25, -0.2) is 6.08 Å². The van der Waals surface area contributed by atoms with Gasteiger partial charge in [0.2, 0.25) is 0 Å². The van der Waals surface area contributed by atoms with Crippen LogP contribution in [0.15, 0.2) is 30.3 Å². The van der Waals surface area contributed by atoms with Gasteiger partial charge in [-0.1, -0.05) is 18.2 Å². The third-order valence-electron chi connectivity index (χ3n) is 0.992. The maximum Gasteiger partial charge on any atom is 0 e. The van der Waals surface area contributed by atoms with E-state index < -0.39 is 0 Å². The summed E-state index contributed by atoms with van der Waals surface area (Å²) < 4.78 is 0. The molecule has 0 aliphatic rings. The molecule has 0 N–H and O–H groups in total. The van der Waals surface area contributed by atoms with Crippen molar-refractivity contribution in [1.29, 1.82) is 0 Å². The smallest absolute Gasteiger partial charge is 0 e. The molecule has 0 radical (unpaired) electrons. The van der Waals surface area contributed by atoms with E-state index in [0.717, 1.165) is 5.56 Å². The Hall–Kier alpha value is -0.352. The number of hydrogen-bond donors (Lipinski definition) is 0. The predicted molar refractivity (Wildman–Crippen MR) is 35.2 cm³/mol. The Morgan fingerprint density at radius 2 is 1.67 bits per heavy atom. The summed E-state index contributed by atoms with van der Waals surface area (Å²) in [5.74, 6) is 0. The zero-order chi connectivity index (χ0) is 5.82. The first-order valence-corrected chi connectivity index (χ1v) is 2.53. The van der Waals surface area contributed by atoms with Crippen molar-refractivity contribution in [2.24, 2.45) is 0 Å². The van der Waals surface area contributed by atoms with Crippen LogP contribution in [-0.2, 0) is 21.1 Å². The van der Waals surface area contributed by atoms with Crippen molar-refractivity contribution >= 4 is 6.08 Å². The fourth-order valence-electron chi connectivity index (χ4n) is 0.564. The summed E-state index contributed by atoms with van der Waals surface area (Å²) in [7, 11) is 0. The summed E-state index contributed by atoms with van der Waals surface area (Å²) in [4.78, 5) is 0. The Morgan fingerprint density at radius 3 is 2.00 bits per heavy atom. The number of hydrogen-bond acceptors (Lipinski definition) is 0. The van der Waals surface area contributed by atoms with E-state index in [-0.39, 0.29) is 21.1 Å². The van der Waals surface area contributed by atoms with Crippen molar-refractivity contribution in [2.45, 2.75) is 0 Å². The van der Waals surface area contributed by atoms with Crippen LogP contribution in [0.2, 0.25) is 0 Å². The van der Waals surface area contributed by atoms with E-state index in [1.165, 1.54) is 0 Å². The van der Waals surface area contributed by atoms with E-state index in [1.807, 2.05) is 30.3 Å². The van der Waals surface area contributed by atoms with Crippen LogP contribution in [0, 0.1) is 6.58 Å². The standard InChI is InChI=1S/C8H7.Mo/c1-2-8-6-4-3-5-7-8;/h1-7H;/q-1;. The van der Waals surface area contributed by atoms with E-state index in [2.05, 4.69) is 0 Å². The molecule has 0 bridgehead atoms. The first-order valence-electron chi connectivity index (χ1n) is 2.53. The summed E-state index contributed by atoms with van der Waals surface area (Å²) in [6, 6.07) is 9.80. The van der Waals surface area contributed by atoms with Gasteiger partial charge in [0.1, 0.15) is 0 Å². The maximum absolute atomic E-state index is 5.22. The molecule has 1 heteroatoms.